The molecule has 2 heterocycles. The Morgan fingerprint density at radius 2 is 1.81 bits per heavy atom. The van der Waals surface area contributed by atoms with E-state index in [1.807, 2.05) is 0 Å². The molecule has 0 aliphatic carbocycles. The highest BCUT2D eigenvalue weighted by atomic mass is 32.2. The lowest BCUT2D eigenvalue weighted by molar-refractivity contribution is -0.116. The Balaban J connectivity index is 1.41. The maximum absolute atomic E-state index is 12.5. The number of carbonyl (C=O) groups is 1. The summed E-state index contributed by atoms with van der Waals surface area (Å²) in [5.74, 6) is 0.0524. The number of amides is 1. The molecule has 0 saturated carbocycles. The number of carbonyl (C=O) groups excluding carboxylic acids is 1. The highest BCUT2D eigenvalue weighted by molar-refractivity contribution is 7.89. The average molecular weight is 438 g/mol. The number of rotatable bonds is 7. The first-order valence-corrected chi connectivity index (χ1v) is 10.8. The summed E-state index contributed by atoms with van der Waals surface area (Å²) in [6.07, 6.45) is 2.79. The molecule has 0 spiro atoms. The van der Waals surface area contributed by atoms with E-state index in [1.54, 1.807) is 36.4 Å². The van der Waals surface area contributed by atoms with Crippen LogP contribution in [0.15, 0.2) is 87.4 Å². The van der Waals surface area contributed by atoms with Crippen LogP contribution in [-0.4, -0.2) is 23.9 Å². The third kappa shape index (κ3) is 4.71. The summed E-state index contributed by atoms with van der Waals surface area (Å²) >= 11 is 0. The van der Waals surface area contributed by atoms with Crippen LogP contribution in [0.1, 0.15) is 5.76 Å². The predicted octanol–water partition coefficient (Wildman–Crippen LogP) is 2.11. The normalized spacial score (nSPS) is 11.5. The van der Waals surface area contributed by atoms with E-state index in [0.29, 0.717) is 22.4 Å². The lowest BCUT2D eigenvalue weighted by Gasteiger charge is -2.09. The molecule has 158 valence electrons. The van der Waals surface area contributed by atoms with E-state index in [9.17, 15) is 18.0 Å². The topological polar surface area (TPSA) is 123 Å². The van der Waals surface area contributed by atoms with Crippen LogP contribution in [-0.2, 0) is 27.9 Å². The fourth-order valence-corrected chi connectivity index (χ4v) is 3.95. The van der Waals surface area contributed by atoms with Gasteiger partial charge in [-0.15, -0.1) is 0 Å². The number of para-hydroxylation sites is 1. The standard InChI is InChI=1S/C21H18N4O5S/c26-20(13-25-14-22-19-6-2-1-5-18(19)21(25)27)24-15-7-9-17(10-8-15)31(28,29)23-12-16-4-3-11-30-16/h1-11,14,23H,12-13H2,(H,24,26). The lowest BCUT2D eigenvalue weighted by atomic mass is 10.2. The second kappa shape index (κ2) is 8.54. The summed E-state index contributed by atoms with van der Waals surface area (Å²) < 4.78 is 33.5. The Hall–Kier alpha value is -3.76. The average Bonchev–Trinajstić information content (AvgIpc) is 3.29. The molecule has 2 aromatic heterocycles. The first-order valence-electron chi connectivity index (χ1n) is 9.28. The number of hydrogen-bond donors (Lipinski definition) is 2. The minimum atomic E-state index is -3.73. The molecule has 1 amide bonds. The number of nitrogens with zero attached hydrogens (tertiary/aromatic N) is 2. The van der Waals surface area contributed by atoms with Gasteiger partial charge in [-0.3, -0.25) is 14.2 Å². The smallest absolute Gasteiger partial charge is 0.261 e. The molecule has 2 aromatic carbocycles. The van der Waals surface area contributed by atoms with Crippen LogP contribution >= 0.6 is 0 Å². The molecule has 0 bridgehead atoms. The summed E-state index contributed by atoms with van der Waals surface area (Å²) in [5.41, 5.74) is 0.642. The number of furan rings is 1. The van der Waals surface area contributed by atoms with Crippen LogP contribution in [0.3, 0.4) is 0 Å². The maximum Gasteiger partial charge on any atom is 0.261 e. The number of nitrogens with one attached hydrogen (secondary N) is 2. The van der Waals surface area contributed by atoms with E-state index in [0.717, 1.165) is 0 Å². The van der Waals surface area contributed by atoms with Gasteiger partial charge in [-0.25, -0.2) is 18.1 Å². The summed E-state index contributed by atoms with van der Waals surface area (Å²) in [6, 6.07) is 15.9. The molecule has 0 saturated heterocycles. The number of fused-ring (bicyclic) bond motifs is 1. The Labute approximate surface area is 177 Å². The van der Waals surface area contributed by atoms with Crippen LogP contribution in [0, 0.1) is 0 Å². The fourth-order valence-electron chi connectivity index (χ4n) is 2.95. The molecule has 4 aromatic rings. The minimum Gasteiger partial charge on any atom is -0.468 e. The van der Waals surface area contributed by atoms with Gasteiger partial charge in [0.15, 0.2) is 0 Å². The molecule has 31 heavy (non-hydrogen) atoms. The second-order valence-corrected chi connectivity index (χ2v) is 8.44. The number of anilines is 1. The van der Waals surface area contributed by atoms with E-state index in [4.69, 9.17) is 4.42 Å². The summed E-state index contributed by atoms with van der Waals surface area (Å²) in [4.78, 5) is 29.1. The highest BCUT2D eigenvalue weighted by Gasteiger charge is 2.15. The minimum absolute atomic E-state index is 0.0301. The van der Waals surface area contributed by atoms with Gasteiger partial charge in [0.1, 0.15) is 12.3 Å². The number of sulfonamides is 1. The summed E-state index contributed by atoms with van der Waals surface area (Å²) in [6.45, 7) is -0.191. The fraction of sp³-hybridized carbons (Fsp3) is 0.0952. The molecule has 0 unspecified atom stereocenters. The van der Waals surface area contributed by atoms with Crippen molar-refractivity contribution in [3.8, 4) is 0 Å². The van der Waals surface area contributed by atoms with Crippen LogP contribution in [0.2, 0.25) is 0 Å². The maximum atomic E-state index is 12.5. The van der Waals surface area contributed by atoms with Crippen molar-refractivity contribution in [2.45, 2.75) is 18.0 Å². The van der Waals surface area contributed by atoms with Gasteiger partial charge in [0.05, 0.1) is 34.9 Å². The van der Waals surface area contributed by atoms with Crippen LogP contribution in [0.5, 0.6) is 0 Å². The van der Waals surface area contributed by atoms with E-state index < -0.39 is 15.9 Å². The molecule has 9 nitrogen and oxygen atoms in total. The zero-order valence-electron chi connectivity index (χ0n) is 16.2. The number of aromatic nitrogens is 2. The lowest BCUT2D eigenvalue weighted by Crippen LogP contribution is -2.28. The second-order valence-electron chi connectivity index (χ2n) is 6.67. The van der Waals surface area contributed by atoms with Crippen molar-refractivity contribution >= 4 is 32.5 Å². The first-order chi connectivity index (χ1) is 14.9. The molecule has 0 radical (unpaired) electrons. The molecule has 0 aliphatic heterocycles. The monoisotopic (exact) mass is 438 g/mol. The van der Waals surface area contributed by atoms with Gasteiger partial charge in [-0.2, -0.15) is 0 Å². The molecule has 10 heteroatoms. The molecular formula is C21H18N4O5S. The largest absolute Gasteiger partial charge is 0.468 e. The highest BCUT2D eigenvalue weighted by Crippen LogP contribution is 2.15. The number of benzene rings is 2. The van der Waals surface area contributed by atoms with Gasteiger partial charge in [0, 0.05) is 5.69 Å². The van der Waals surface area contributed by atoms with Gasteiger partial charge < -0.3 is 9.73 Å². The Bertz CT molecular complexity index is 1380. The van der Waals surface area contributed by atoms with Crippen LogP contribution < -0.4 is 15.6 Å². The van der Waals surface area contributed by atoms with Gasteiger partial charge in [-0.05, 0) is 48.5 Å². The van der Waals surface area contributed by atoms with Gasteiger partial charge >= 0.3 is 0 Å². The van der Waals surface area contributed by atoms with Gasteiger partial charge in [0.25, 0.3) is 5.56 Å². The number of hydrogen-bond acceptors (Lipinski definition) is 6. The third-order valence-corrected chi connectivity index (χ3v) is 5.93. The SMILES string of the molecule is O=C(Cn1cnc2ccccc2c1=O)Nc1ccc(S(=O)(=O)NCc2ccco2)cc1. The Morgan fingerprint density at radius 1 is 1.03 bits per heavy atom. The van der Waals surface area contributed by atoms with Crippen molar-refractivity contribution in [2.24, 2.45) is 0 Å². The molecule has 0 atom stereocenters. The summed E-state index contributed by atoms with van der Waals surface area (Å²) in [7, 11) is -3.73. The van der Waals surface area contributed by atoms with Crippen molar-refractivity contribution in [2.75, 3.05) is 5.32 Å². The Morgan fingerprint density at radius 3 is 2.55 bits per heavy atom. The quantitative estimate of drug-likeness (QED) is 0.456. The third-order valence-electron chi connectivity index (χ3n) is 4.51. The molecular weight excluding hydrogens is 420 g/mol. The zero-order chi connectivity index (χ0) is 21.8. The van der Waals surface area contributed by atoms with Gasteiger partial charge in [-0.1, -0.05) is 12.1 Å². The van der Waals surface area contributed by atoms with E-state index in [2.05, 4.69) is 15.0 Å². The zero-order valence-corrected chi connectivity index (χ0v) is 17.0. The van der Waals surface area contributed by atoms with Crippen molar-refractivity contribution in [3.63, 3.8) is 0 Å². The molecule has 0 fully saturated rings. The molecule has 2 N–H and O–H groups in total. The van der Waals surface area contributed by atoms with Crippen LogP contribution in [0.4, 0.5) is 5.69 Å². The van der Waals surface area contributed by atoms with Crippen molar-refractivity contribution < 1.29 is 17.6 Å². The van der Waals surface area contributed by atoms with E-state index in [1.165, 1.54) is 41.4 Å². The van der Waals surface area contributed by atoms with Crippen molar-refractivity contribution in [1.29, 1.82) is 0 Å². The predicted molar refractivity (Wildman–Crippen MR) is 114 cm³/mol. The Kier molecular flexibility index (Phi) is 5.65. The first kappa shape index (κ1) is 20.5. The summed E-state index contributed by atoms with van der Waals surface area (Å²) in [5, 5.41) is 3.07. The van der Waals surface area contributed by atoms with Crippen molar-refractivity contribution in [3.05, 3.63) is 89.4 Å². The van der Waals surface area contributed by atoms with Gasteiger partial charge in [0.2, 0.25) is 15.9 Å². The van der Waals surface area contributed by atoms with Crippen LogP contribution in [0.25, 0.3) is 10.9 Å². The van der Waals surface area contributed by atoms with Crippen molar-refractivity contribution in [1.82, 2.24) is 14.3 Å². The van der Waals surface area contributed by atoms with E-state index in [-0.39, 0.29) is 23.5 Å². The molecule has 4 rings (SSSR count). The van der Waals surface area contributed by atoms with E-state index >= 15 is 0 Å². The molecule has 0 aliphatic rings.